The maximum atomic E-state index is 12.3. The smallest absolute Gasteiger partial charge is 0.224 e. The van der Waals surface area contributed by atoms with E-state index in [1.54, 1.807) is 14.2 Å². The van der Waals surface area contributed by atoms with Crippen LogP contribution >= 0.6 is 11.8 Å². The van der Waals surface area contributed by atoms with E-state index in [0.717, 1.165) is 22.0 Å². The Morgan fingerprint density at radius 2 is 1.79 bits per heavy atom. The number of anilines is 1. The first-order valence-electron chi connectivity index (χ1n) is 10.6. The summed E-state index contributed by atoms with van der Waals surface area (Å²) in [6.45, 7) is 0.531. The molecule has 0 radical (unpaired) electrons. The van der Waals surface area contributed by atoms with E-state index in [-0.39, 0.29) is 28.7 Å². The molecule has 176 valence electrons. The molecule has 1 fully saturated rings. The molecule has 0 saturated carbocycles. The van der Waals surface area contributed by atoms with Crippen molar-refractivity contribution in [1.82, 2.24) is 5.32 Å². The highest BCUT2D eigenvalue weighted by molar-refractivity contribution is 8.15. The van der Waals surface area contributed by atoms with Crippen molar-refractivity contribution in [2.75, 3.05) is 37.6 Å². The molecule has 0 aliphatic carbocycles. The van der Waals surface area contributed by atoms with Gasteiger partial charge >= 0.3 is 0 Å². The third-order valence-electron chi connectivity index (χ3n) is 5.57. The first-order valence-corrected chi connectivity index (χ1v) is 13.3. The molecule has 0 aromatic heterocycles. The van der Waals surface area contributed by atoms with Crippen LogP contribution in [-0.2, 0) is 27.5 Å². The molecule has 0 unspecified atom stereocenters. The van der Waals surface area contributed by atoms with Gasteiger partial charge in [0.25, 0.3) is 0 Å². The lowest BCUT2D eigenvalue weighted by Crippen LogP contribution is -2.27. The second-order valence-electron chi connectivity index (χ2n) is 8.02. The van der Waals surface area contributed by atoms with Gasteiger partial charge in [-0.15, -0.1) is 0 Å². The highest BCUT2D eigenvalue weighted by Crippen LogP contribution is 2.34. The Labute approximate surface area is 198 Å². The number of carbonyl (C=O) groups is 1. The normalized spacial score (nSPS) is 20.6. The van der Waals surface area contributed by atoms with Crippen LogP contribution in [0.4, 0.5) is 5.69 Å². The molecule has 2 N–H and O–H groups in total. The molecule has 33 heavy (non-hydrogen) atoms. The molecule has 2 aromatic carbocycles. The number of amidine groups is 1. The molecule has 1 amide bonds. The monoisotopic (exact) mass is 489 g/mol. The number of rotatable bonds is 8. The zero-order valence-corrected chi connectivity index (χ0v) is 20.2. The van der Waals surface area contributed by atoms with Crippen molar-refractivity contribution in [2.24, 2.45) is 4.99 Å². The molecular weight excluding hydrogens is 462 g/mol. The van der Waals surface area contributed by atoms with Gasteiger partial charge in [-0.1, -0.05) is 30.0 Å². The van der Waals surface area contributed by atoms with Crippen LogP contribution in [0.3, 0.4) is 0 Å². The molecule has 2 heterocycles. The number of benzene rings is 2. The van der Waals surface area contributed by atoms with E-state index in [1.807, 2.05) is 42.5 Å². The van der Waals surface area contributed by atoms with E-state index < -0.39 is 9.84 Å². The zero-order chi connectivity index (χ0) is 23.4. The number of carbonyl (C=O) groups excluding carboxylic acids is 1. The molecule has 8 nitrogen and oxygen atoms in total. The van der Waals surface area contributed by atoms with Crippen molar-refractivity contribution in [2.45, 2.75) is 24.1 Å². The van der Waals surface area contributed by atoms with Gasteiger partial charge in [0.1, 0.15) is 0 Å². The Morgan fingerprint density at radius 3 is 2.48 bits per heavy atom. The zero-order valence-electron chi connectivity index (χ0n) is 18.5. The van der Waals surface area contributed by atoms with Crippen LogP contribution in [0.5, 0.6) is 11.5 Å². The number of fused-ring (bicyclic) bond motifs is 1. The van der Waals surface area contributed by atoms with Crippen molar-refractivity contribution in [1.29, 1.82) is 0 Å². The topological polar surface area (TPSA) is 106 Å². The van der Waals surface area contributed by atoms with E-state index in [9.17, 15) is 13.2 Å². The number of amides is 1. The lowest BCUT2D eigenvalue weighted by Gasteiger charge is -2.10. The van der Waals surface area contributed by atoms with E-state index in [0.29, 0.717) is 30.9 Å². The number of nitrogens with zero attached hydrogens (tertiary/aromatic N) is 1. The minimum Gasteiger partial charge on any atom is -0.493 e. The van der Waals surface area contributed by atoms with Gasteiger partial charge in [-0.25, -0.2) is 8.42 Å². The Balaban J connectivity index is 1.23. The van der Waals surface area contributed by atoms with Gasteiger partial charge in [0.05, 0.1) is 38.2 Å². The third kappa shape index (κ3) is 6.00. The van der Waals surface area contributed by atoms with Gasteiger partial charge in [-0.3, -0.25) is 9.79 Å². The molecule has 4 rings (SSSR count). The number of sulfone groups is 1. The fourth-order valence-corrected chi connectivity index (χ4v) is 7.55. The van der Waals surface area contributed by atoms with Gasteiger partial charge in [0.2, 0.25) is 5.91 Å². The Bertz CT molecular complexity index is 1150. The summed E-state index contributed by atoms with van der Waals surface area (Å²) in [7, 11) is 0.246. The van der Waals surface area contributed by atoms with Crippen LogP contribution in [-0.4, -0.2) is 63.1 Å². The molecule has 0 bridgehead atoms. The number of hydrogen-bond donors (Lipinski definition) is 2. The maximum absolute atomic E-state index is 12.3. The largest absolute Gasteiger partial charge is 0.493 e. The van der Waals surface area contributed by atoms with Crippen molar-refractivity contribution < 1.29 is 22.7 Å². The first-order chi connectivity index (χ1) is 15.8. The van der Waals surface area contributed by atoms with E-state index >= 15 is 0 Å². The summed E-state index contributed by atoms with van der Waals surface area (Å²) in [5.41, 5.74) is 2.83. The minimum absolute atomic E-state index is 0.0134. The van der Waals surface area contributed by atoms with Gasteiger partial charge in [-0.05, 0) is 41.8 Å². The van der Waals surface area contributed by atoms with Crippen LogP contribution in [0.2, 0.25) is 0 Å². The number of aliphatic imine (C=N–C) groups is 1. The van der Waals surface area contributed by atoms with Crippen LogP contribution < -0.4 is 20.1 Å². The van der Waals surface area contributed by atoms with Gasteiger partial charge in [0, 0.05) is 17.5 Å². The van der Waals surface area contributed by atoms with Crippen LogP contribution in [0.25, 0.3) is 0 Å². The van der Waals surface area contributed by atoms with Crippen molar-refractivity contribution in [3.63, 3.8) is 0 Å². The van der Waals surface area contributed by atoms with Crippen LogP contribution in [0.15, 0.2) is 47.5 Å². The van der Waals surface area contributed by atoms with E-state index in [2.05, 4.69) is 15.6 Å². The first kappa shape index (κ1) is 23.4. The lowest BCUT2D eigenvalue weighted by molar-refractivity contribution is -0.120. The van der Waals surface area contributed by atoms with Gasteiger partial charge < -0.3 is 20.1 Å². The number of nitrogens with one attached hydrogen (secondary N) is 2. The lowest BCUT2D eigenvalue weighted by atomic mass is 10.1. The third-order valence-corrected chi connectivity index (χ3v) is 8.71. The summed E-state index contributed by atoms with van der Waals surface area (Å²) >= 11 is 1.49. The predicted molar refractivity (Wildman–Crippen MR) is 131 cm³/mol. The Hall–Kier alpha value is -2.72. The average molecular weight is 490 g/mol. The second kappa shape index (κ2) is 10.0. The molecule has 1 saturated heterocycles. The van der Waals surface area contributed by atoms with Crippen molar-refractivity contribution >= 4 is 38.4 Å². The van der Waals surface area contributed by atoms with Crippen molar-refractivity contribution in [3.05, 3.63) is 53.6 Å². The number of ether oxygens (including phenoxy) is 2. The van der Waals surface area contributed by atoms with E-state index in [4.69, 9.17) is 9.47 Å². The van der Waals surface area contributed by atoms with Crippen LogP contribution in [0, 0.1) is 0 Å². The molecular formula is C23H27N3O5S2. The number of hydrogen-bond acceptors (Lipinski definition) is 8. The summed E-state index contributed by atoms with van der Waals surface area (Å²) in [5.74, 6) is 1.64. The van der Waals surface area contributed by atoms with E-state index in [1.165, 1.54) is 11.8 Å². The molecule has 2 aromatic rings. The predicted octanol–water partition coefficient (Wildman–Crippen LogP) is 2.29. The minimum atomic E-state index is -2.95. The standard InChI is InChI=1S/C23H27N3O5S2/c1-30-19-8-5-16(11-20(19)31-2)9-10-24-22(27)12-15-3-6-17(7-4-15)25-23-26-18-13-33(28,29)14-21(18)32-23/h3-8,11,18,21H,9-10,12-14H2,1-2H3,(H,24,27)(H,25,26)/t18-,21+/m0/s1. The van der Waals surface area contributed by atoms with Crippen LogP contribution in [0.1, 0.15) is 11.1 Å². The van der Waals surface area contributed by atoms with Gasteiger partial charge in [-0.2, -0.15) is 0 Å². The summed E-state index contributed by atoms with van der Waals surface area (Å²) in [6, 6.07) is 13.2. The van der Waals surface area contributed by atoms with Crippen molar-refractivity contribution in [3.8, 4) is 11.5 Å². The molecule has 2 aliphatic heterocycles. The molecule has 2 atom stereocenters. The Kier molecular flexibility index (Phi) is 7.14. The Morgan fingerprint density at radius 1 is 1.06 bits per heavy atom. The molecule has 10 heteroatoms. The summed E-state index contributed by atoms with van der Waals surface area (Å²) in [5, 5.41) is 6.96. The number of thioether (sulfide) groups is 1. The fraction of sp³-hybridized carbons (Fsp3) is 0.391. The fourth-order valence-electron chi connectivity index (χ4n) is 3.88. The quantitative estimate of drug-likeness (QED) is 0.586. The van der Waals surface area contributed by atoms with Gasteiger partial charge in [0.15, 0.2) is 26.5 Å². The summed E-state index contributed by atoms with van der Waals surface area (Å²) < 4.78 is 33.9. The SMILES string of the molecule is COc1ccc(CCNC(=O)Cc2ccc(NC3=N[C@H]4CS(=O)(=O)C[C@H]4S3)cc2)cc1OC. The molecule has 0 spiro atoms. The summed E-state index contributed by atoms with van der Waals surface area (Å²) in [4.78, 5) is 16.8. The number of methoxy groups -OCH3 is 2. The highest BCUT2D eigenvalue weighted by Gasteiger charge is 2.42. The maximum Gasteiger partial charge on any atom is 0.224 e. The summed E-state index contributed by atoms with van der Waals surface area (Å²) in [6.07, 6.45) is 0.988. The highest BCUT2D eigenvalue weighted by atomic mass is 32.2. The second-order valence-corrected chi connectivity index (χ2v) is 11.4. The molecule has 2 aliphatic rings. The average Bonchev–Trinajstić information content (AvgIpc) is 3.27.